The quantitative estimate of drug-likeness (QED) is 0.0997. The number of nitrogens with zero attached hydrogens (tertiary/aromatic N) is 2. The maximum atomic E-state index is 5.73. The molecule has 2 aliphatic rings. The van der Waals surface area contributed by atoms with Crippen molar-refractivity contribution in [2.45, 2.75) is 97.8 Å². The lowest BCUT2D eigenvalue weighted by molar-refractivity contribution is 0.712. The van der Waals surface area contributed by atoms with Crippen molar-refractivity contribution in [1.29, 1.82) is 0 Å². The van der Waals surface area contributed by atoms with Crippen LogP contribution < -0.4 is 0 Å². The normalized spacial score (nSPS) is 12.1. The average molecular weight is 621 g/mol. The molecule has 0 radical (unpaired) electrons. The lowest BCUT2D eigenvalue weighted by atomic mass is 10.0. The summed E-state index contributed by atoms with van der Waals surface area (Å²) >= 11 is 0. The summed E-state index contributed by atoms with van der Waals surface area (Å²) < 4.78 is 0. The number of aromatic nitrogens is 4. The summed E-state index contributed by atoms with van der Waals surface area (Å²) in [5.41, 5.74) is 15.6. The van der Waals surface area contributed by atoms with Crippen molar-refractivity contribution in [1.82, 2.24) is 19.9 Å². The minimum atomic E-state index is 0.877. The lowest BCUT2D eigenvalue weighted by Gasteiger charge is -2.06. The van der Waals surface area contributed by atoms with Crippen molar-refractivity contribution < 1.29 is 0 Å². The number of aryl methyl sites for hydroxylation is 2. The standard InChI is InChI=1S/C43H48N4/c1-5-9-12-15-32-35-22-24-37(44-35)33(16-13-10-6-2)39-26-28-41(46-39)43(31-20-18-30(8-4)19-21-31)42-29-27-40(47-42)34(17-14-11-7-3)38-25-23-36(32)45-38/h4,18-29,46-47H,5-7,9-17H2,1-3H3. The summed E-state index contributed by atoms with van der Waals surface area (Å²) in [5.74, 6) is 2.77. The molecule has 8 bridgehead atoms. The van der Waals surface area contributed by atoms with Gasteiger partial charge in [-0.3, -0.25) is 0 Å². The molecule has 2 N–H and O–H groups in total. The number of aromatic amines is 2. The molecule has 0 aliphatic carbocycles. The highest BCUT2D eigenvalue weighted by Gasteiger charge is 2.17. The zero-order chi connectivity index (χ0) is 32.6. The molecule has 4 aromatic rings. The van der Waals surface area contributed by atoms with E-state index in [0.717, 1.165) is 100 Å². The van der Waals surface area contributed by atoms with E-state index in [1.165, 1.54) is 55.2 Å². The molecule has 4 heteroatoms. The number of terminal acetylenes is 1. The predicted octanol–water partition coefficient (Wildman–Crippen LogP) is 11.5. The van der Waals surface area contributed by atoms with Gasteiger partial charge in [0.15, 0.2) is 0 Å². The topological polar surface area (TPSA) is 57.4 Å². The van der Waals surface area contributed by atoms with Crippen LogP contribution in [0.2, 0.25) is 0 Å². The van der Waals surface area contributed by atoms with Crippen molar-refractivity contribution in [3.8, 4) is 23.5 Å². The molecule has 0 atom stereocenters. The first kappa shape index (κ1) is 32.3. The van der Waals surface area contributed by atoms with Gasteiger partial charge in [-0.25, -0.2) is 9.97 Å². The maximum absolute atomic E-state index is 5.73. The molecule has 6 rings (SSSR count). The van der Waals surface area contributed by atoms with Gasteiger partial charge in [0.1, 0.15) is 0 Å². The first-order valence-corrected chi connectivity index (χ1v) is 17.8. The molecule has 3 aromatic heterocycles. The van der Waals surface area contributed by atoms with E-state index in [-0.39, 0.29) is 0 Å². The molecule has 47 heavy (non-hydrogen) atoms. The van der Waals surface area contributed by atoms with Crippen LogP contribution in [0, 0.1) is 12.3 Å². The van der Waals surface area contributed by atoms with Crippen LogP contribution in [0.5, 0.6) is 0 Å². The van der Waals surface area contributed by atoms with Crippen LogP contribution >= 0.6 is 0 Å². The molecular formula is C43H48N4. The Morgan fingerprint density at radius 2 is 0.915 bits per heavy atom. The van der Waals surface area contributed by atoms with Crippen molar-refractivity contribution in [3.05, 3.63) is 93.6 Å². The number of rotatable bonds is 13. The first-order valence-electron chi connectivity index (χ1n) is 17.8. The highest BCUT2D eigenvalue weighted by Crippen LogP contribution is 2.32. The van der Waals surface area contributed by atoms with E-state index in [0.29, 0.717) is 0 Å². The number of fused-ring (bicyclic) bond motifs is 8. The second-order valence-corrected chi connectivity index (χ2v) is 12.9. The van der Waals surface area contributed by atoms with Crippen LogP contribution in [-0.2, 0) is 19.3 Å². The third-order valence-electron chi connectivity index (χ3n) is 9.51. The molecular weight excluding hydrogens is 573 g/mol. The van der Waals surface area contributed by atoms with Gasteiger partial charge in [-0.15, -0.1) is 6.42 Å². The average Bonchev–Trinajstić information content (AvgIpc) is 3.93. The number of hydrogen-bond donors (Lipinski definition) is 2. The number of H-pyrrole nitrogens is 2. The largest absolute Gasteiger partial charge is 0.355 e. The van der Waals surface area contributed by atoms with Crippen molar-refractivity contribution in [3.63, 3.8) is 0 Å². The summed E-state index contributed by atoms with van der Waals surface area (Å²) in [4.78, 5) is 18.4. The molecule has 0 unspecified atom stereocenters. The van der Waals surface area contributed by atoms with Crippen LogP contribution in [0.25, 0.3) is 57.5 Å². The van der Waals surface area contributed by atoms with E-state index in [1.54, 1.807) is 0 Å². The van der Waals surface area contributed by atoms with Gasteiger partial charge in [-0.05, 0) is 105 Å². The van der Waals surface area contributed by atoms with E-state index in [1.807, 2.05) is 12.1 Å². The Bertz CT molecular complexity index is 1870. The third-order valence-corrected chi connectivity index (χ3v) is 9.51. The Morgan fingerprint density at radius 1 is 0.511 bits per heavy atom. The summed E-state index contributed by atoms with van der Waals surface area (Å²) in [6, 6.07) is 17.2. The van der Waals surface area contributed by atoms with Gasteiger partial charge in [-0.1, -0.05) is 77.3 Å². The molecule has 0 amide bonds. The fourth-order valence-electron chi connectivity index (χ4n) is 6.86. The number of hydrogen-bond acceptors (Lipinski definition) is 2. The molecule has 5 heterocycles. The molecule has 0 saturated heterocycles. The Kier molecular flexibility index (Phi) is 10.5. The maximum Gasteiger partial charge on any atom is 0.0691 e. The Morgan fingerprint density at radius 3 is 1.34 bits per heavy atom. The van der Waals surface area contributed by atoms with Crippen molar-refractivity contribution >= 4 is 46.4 Å². The molecule has 4 nitrogen and oxygen atoms in total. The second kappa shape index (κ2) is 15.3. The predicted molar refractivity (Wildman–Crippen MR) is 202 cm³/mol. The number of benzene rings is 1. The minimum Gasteiger partial charge on any atom is -0.355 e. The SMILES string of the molecule is C#Cc1ccc(-c2c3ccc([nH]3)c(CCCCC)c3nc(c(CCCCC)c4nc(c(CCCCC)c5ccc2[nH]5)C=C4)C=C3)cc1. The highest BCUT2D eigenvalue weighted by atomic mass is 14.8. The van der Waals surface area contributed by atoms with E-state index in [9.17, 15) is 0 Å². The van der Waals surface area contributed by atoms with Gasteiger partial charge < -0.3 is 9.97 Å². The van der Waals surface area contributed by atoms with E-state index in [4.69, 9.17) is 16.4 Å². The zero-order valence-corrected chi connectivity index (χ0v) is 28.4. The number of nitrogens with one attached hydrogen (secondary N) is 2. The van der Waals surface area contributed by atoms with Crippen LogP contribution in [-0.4, -0.2) is 19.9 Å². The third kappa shape index (κ3) is 7.20. The minimum absolute atomic E-state index is 0.877. The fourth-order valence-corrected chi connectivity index (χ4v) is 6.86. The van der Waals surface area contributed by atoms with E-state index >= 15 is 0 Å². The smallest absolute Gasteiger partial charge is 0.0691 e. The lowest BCUT2D eigenvalue weighted by Crippen LogP contribution is -1.97. The van der Waals surface area contributed by atoms with E-state index in [2.05, 4.69) is 97.4 Å². The van der Waals surface area contributed by atoms with Gasteiger partial charge in [0.25, 0.3) is 0 Å². The van der Waals surface area contributed by atoms with Crippen LogP contribution in [0.1, 0.15) is 124 Å². The molecule has 240 valence electrons. The Hall–Kier alpha value is -4.62. The molecule has 0 fully saturated rings. The Labute approximate surface area is 280 Å². The Balaban J connectivity index is 1.69. The molecule has 0 saturated carbocycles. The van der Waals surface area contributed by atoms with Crippen molar-refractivity contribution in [2.24, 2.45) is 0 Å². The first-order chi connectivity index (χ1) is 23.1. The van der Waals surface area contributed by atoms with E-state index < -0.39 is 0 Å². The van der Waals surface area contributed by atoms with Gasteiger partial charge >= 0.3 is 0 Å². The van der Waals surface area contributed by atoms with Crippen LogP contribution in [0.15, 0.2) is 48.5 Å². The van der Waals surface area contributed by atoms with Gasteiger partial charge in [0.05, 0.1) is 22.8 Å². The molecule has 1 aromatic carbocycles. The fraction of sp³-hybridized carbons (Fsp3) is 0.349. The summed E-state index contributed by atoms with van der Waals surface area (Å²) in [6.07, 6.45) is 28.1. The highest BCUT2D eigenvalue weighted by molar-refractivity contribution is 5.94. The number of unbranched alkanes of at least 4 members (excludes halogenated alkanes) is 6. The summed E-state index contributed by atoms with van der Waals surface area (Å²) in [6.45, 7) is 6.79. The second-order valence-electron chi connectivity index (χ2n) is 12.9. The molecule has 2 aliphatic heterocycles. The van der Waals surface area contributed by atoms with Gasteiger partial charge in [0, 0.05) is 49.9 Å². The monoisotopic (exact) mass is 620 g/mol. The van der Waals surface area contributed by atoms with Crippen LogP contribution in [0.4, 0.5) is 0 Å². The van der Waals surface area contributed by atoms with Crippen LogP contribution in [0.3, 0.4) is 0 Å². The summed E-state index contributed by atoms with van der Waals surface area (Å²) in [7, 11) is 0. The van der Waals surface area contributed by atoms with Gasteiger partial charge in [0.2, 0.25) is 0 Å². The van der Waals surface area contributed by atoms with Crippen molar-refractivity contribution in [2.75, 3.05) is 0 Å². The molecule has 0 spiro atoms. The van der Waals surface area contributed by atoms with Gasteiger partial charge in [-0.2, -0.15) is 0 Å². The summed E-state index contributed by atoms with van der Waals surface area (Å²) in [5, 5.41) is 0. The zero-order valence-electron chi connectivity index (χ0n) is 28.4.